The van der Waals surface area contributed by atoms with Gasteiger partial charge < -0.3 is 10.2 Å². The second-order valence-corrected chi connectivity index (χ2v) is 5.46. The molecule has 1 aromatic rings. The first-order chi connectivity index (χ1) is 9.02. The van der Waals surface area contributed by atoms with E-state index in [1.54, 1.807) is 6.07 Å². The normalized spacial score (nSPS) is 13.2. The van der Waals surface area contributed by atoms with Crippen molar-refractivity contribution in [3.05, 3.63) is 29.8 Å². The Hall–Kier alpha value is -1.00. The van der Waals surface area contributed by atoms with Crippen LogP contribution in [0, 0.1) is 11.7 Å². The summed E-state index contributed by atoms with van der Waals surface area (Å²) >= 11 is 0. The van der Waals surface area contributed by atoms with Crippen molar-refractivity contribution in [2.45, 2.75) is 33.2 Å². The maximum absolute atomic E-state index is 12.9. The van der Waals surface area contributed by atoms with Gasteiger partial charge in [-0.2, -0.15) is 0 Å². The second-order valence-electron chi connectivity index (χ2n) is 5.46. The van der Waals surface area contributed by atoms with Gasteiger partial charge in [-0.3, -0.25) is 4.98 Å². The molecule has 19 heavy (non-hydrogen) atoms. The zero-order chi connectivity index (χ0) is 14.3. The van der Waals surface area contributed by atoms with E-state index in [2.05, 4.69) is 43.0 Å². The minimum Gasteiger partial charge on any atom is -0.309 e. The van der Waals surface area contributed by atoms with Gasteiger partial charge in [0.05, 0.1) is 17.9 Å². The van der Waals surface area contributed by atoms with Crippen molar-refractivity contribution in [1.29, 1.82) is 0 Å². The lowest BCUT2D eigenvalue weighted by Crippen LogP contribution is -2.29. The van der Waals surface area contributed by atoms with Gasteiger partial charge in [0.15, 0.2) is 0 Å². The van der Waals surface area contributed by atoms with E-state index in [0.29, 0.717) is 5.92 Å². The Morgan fingerprint density at radius 1 is 1.37 bits per heavy atom. The highest BCUT2D eigenvalue weighted by Crippen LogP contribution is 2.15. The Balaban J connectivity index is 2.55. The molecular formula is C15H26FN3. The minimum absolute atomic E-state index is 0.195. The number of halogens is 1. The molecule has 108 valence electrons. The highest BCUT2D eigenvalue weighted by Gasteiger charge is 2.13. The van der Waals surface area contributed by atoms with Crippen molar-refractivity contribution >= 4 is 0 Å². The molecule has 1 aromatic heterocycles. The molecule has 1 heterocycles. The standard InChI is InChI=1S/C15H26FN3/c1-5-17-15(8-9-19(4)11-12(2)3)14-7-6-13(16)10-18-14/h6-7,10,12,15,17H,5,8-9,11H2,1-4H3. The van der Waals surface area contributed by atoms with E-state index >= 15 is 0 Å². The molecule has 0 saturated heterocycles. The molecule has 0 bridgehead atoms. The third-order valence-electron chi connectivity index (χ3n) is 3.03. The highest BCUT2D eigenvalue weighted by atomic mass is 19.1. The number of nitrogens with zero attached hydrogens (tertiary/aromatic N) is 2. The second kappa shape index (κ2) is 8.23. The fourth-order valence-corrected chi connectivity index (χ4v) is 2.26. The van der Waals surface area contributed by atoms with E-state index in [1.807, 2.05) is 0 Å². The lowest BCUT2D eigenvalue weighted by Gasteiger charge is -2.23. The first kappa shape index (κ1) is 16.1. The molecule has 3 nitrogen and oxygen atoms in total. The van der Waals surface area contributed by atoms with Crippen LogP contribution in [-0.2, 0) is 0 Å². The average Bonchev–Trinajstić information content (AvgIpc) is 2.35. The Kier molecular flexibility index (Phi) is 6.95. The maximum Gasteiger partial charge on any atom is 0.141 e. The number of aromatic nitrogens is 1. The van der Waals surface area contributed by atoms with Crippen LogP contribution in [0.5, 0.6) is 0 Å². The van der Waals surface area contributed by atoms with Gasteiger partial charge in [0.1, 0.15) is 5.82 Å². The van der Waals surface area contributed by atoms with E-state index < -0.39 is 0 Å². The van der Waals surface area contributed by atoms with Crippen LogP contribution in [0.15, 0.2) is 18.3 Å². The first-order valence-electron chi connectivity index (χ1n) is 7.06. The predicted molar refractivity (Wildman–Crippen MR) is 77.6 cm³/mol. The van der Waals surface area contributed by atoms with Crippen molar-refractivity contribution in [3.8, 4) is 0 Å². The molecule has 1 rings (SSSR count). The van der Waals surface area contributed by atoms with Crippen LogP contribution in [0.4, 0.5) is 4.39 Å². The molecule has 1 N–H and O–H groups in total. The van der Waals surface area contributed by atoms with Gasteiger partial charge in [-0.25, -0.2) is 4.39 Å². The summed E-state index contributed by atoms with van der Waals surface area (Å²) in [4.78, 5) is 6.51. The zero-order valence-electron chi connectivity index (χ0n) is 12.5. The average molecular weight is 267 g/mol. The number of nitrogens with one attached hydrogen (secondary N) is 1. The fraction of sp³-hybridized carbons (Fsp3) is 0.667. The summed E-state index contributed by atoms with van der Waals surface area (Å²) < 4.78 is 12.9. The van der Waals surface area contributed by atoms with Crippen molar-refractivity contribution in [2.75, 3.05) is 26.7 Å². The Labute approximate surface area is 116 Å². The molecule has 0 saturated carbocycles. The van der Waals surface area contributed by atoms with Gasteiger partial charge >= 0.3 is 0 Å². The lowest BCUT2D eigenvalue weighted by molar-refractivity contribution is 0.276. The predicted octanol–water partition coefficient (Wildman–Crippen LogP) is 2.85. The number of pyridine rings is 1. The molecule has 0 amide bonds. The van der Waals surface area contributed by atoms with Crippen LogP contribution < -0.4 is 5.32 Å². The summed E-state index contributed by atoms with van der Waals surface area (Å²) in [6.07, 6.45) is 2.27. The van der Waals surface area contributed by atoms with Crippen molar-refractivity contribution in [1.82, 2.24) is 15.2 Å². The highest BCUT2D eigenvalue weighted by molar-refractivity contribution is 5.09. The first-order valence-corrected chi connectivity index (χ1v) is 7.06. The lowest BCUT2D eigenvalue weighted by atomic mass is 10.1. The van der Waals surface area contributed by atoms with Gasteiger partial charge in [0.25, 0.3) is 0 Å². The molecule has 0 aliphatic rings. The van der Waals surface area contributed by atoms with Gasteiger partial charge in [-0.05, 0) is 44.6 Å². The van der Waals surface area contributed by atoms with E-state index in [-0.39, 0.29) is 11.9 Å². The fourth-order valence-electron chi connectivity index (χ4n) is 2.26. The van der Waals surface area contributed by atoms with E-state index in [9.17, 15) is 4.39 Å². The quantitative estimate of drug-likeness (QED) is 0.785. The van der Waals surface area contributed by atoms with Crippen molar-refractivity contribution in [2.24, 2.45) is 5.92 Å². The van der Waals surface area contributed by atoms with Crippen LogP contribution in [0.2, 0.25) is 0 Å². The Morgan fingerprint density at radius 3 is 2.63 bits per heavy atom. The van der Waals surface area contributed by atoms with Gasteiger partial charge in [0.2, 0.25) is 0 Å². The topological polar surface area (TPSA) is 28.2 Å². The molecule has 4 heteroatoms. The van der Waals surface area contributed by atoms with Gasteiger partial charge in [-0.1, -0.05) is 20.8 Å². The molecule has 0 aliphatic heterocycles. The van der Waals surface area contributed by atoms with Gasteiger partial charge in [0, 0.05) is 6.54 Å². The summed E-state index contributed by atoms with van der Waals surface area (Å²) in [5.41, 5.74) is 0.918. The summed E-state index contributed by atoms with van der Waals surface area (Å²) in [6.45, 7) is 9.51. The third-order valence-corrected chi connectivity index (χ3v) is 3.03. The van der Waals surface area contributed by atoms with Crippen LogP contribution in [-0.4, -0.2) is 36.6 Å². The molecule has 0 fully saturated rings. The maximum atomic E-state index is 12.9. The molecular weight excluding hydrogens is 241 g/mol. The van der Waals surface area contributed by atoms with Crippen LogP contribution in [0.3, 0.4) is 0 Å². The molecule has 0 aliphatic carbocycles. The summed E-state index contributed by atoms with van der Waals surface area (Å²) in [6, 6.07) is 3.44. The van der Waals surface area contributed by atoms with Crippen molar-refractivity contribution in [3.63, 3.8) is 0 Å². The largest absolute Gasteiger partial charge is 0.309 e. The molecule has 1 unspecified atom stereocenters. The molecule has 0 spiro atoms. The number of hydrogen-bond donors (Lipinski definition) is 1. The van der Waals surface area contributed by atoms with Crippen LogP contribution in [0.25, 0.3) is 0 Å². The smallest absolute Gasteiger partial charge is 0.141 e. The van der Waals surface area contributed by atoms with Crippen LogP contribution in [0.1, 0.15) is 38.9 Å². The number of hydrogen-bond acceptors (Lipinski definition) is 3. The third kappa shape index (κ3) is 6.12. The van der Waals surface area contributed by atoms with Crippen LogP contribution >= 0.6 is 0 Å². The zero-order valence-corrected chi connectivity index (χ0v) is 12.5. The van der Waals surface area contributed by atoms with Crippen molar-refractivity contribution < 1.29 is 4.39 Å². The minimum atomic E-state index is -0.282. The monoisotopic (exact) mass is 267 g/mol. The van der Waals surface area contributed by atoms with Gasteiger partial charge in [-0.15, -0.1) is 0 Å². The summed E-state index contributed by atoms with van der Waals surface area (Å²) in [7, 11) is 2.14. The Bertz CT molecular complexity index is 351. The Morgan fingerprint density at radius 2 is 2.11 bits per heavy atom. The van der Waals surface area contributed by atoms with E-state index in [1.165, 1.54) is 12.3 Å². The number of rotatable bonds is 8. The molecule has 1 atom stereocenters. The molecule has 0 aromatic carbocycles. The SMILES string of the molecule is CCNC(CCN(C)CC(C)C)c1ccc(F)cn1. The van der Waals surface area contributed by atoms with E-state index in [0.717, 1.165) is 31.7 Å². The summed E-state index contributed by atoms with van der Waals surface area (Å²) in [5.74, 6) is 0.391. The summed E-state index contributed by atoms with van der Waals surface area (Å²) in [5, 5.41) is 3.42. The van der Waals surface area contributed by atoms with E-state index in [4.69, 9.17) is 0 Å². The molecule has 0 radical (unpaired) electrons.